The molecule has 2 rings (SSSR count). The van der Waals surface area contributed by atoms with Crippen LogP contribution in [0, 0.1) is 0 Å². The zero-order valence-corrected chi connectivity index (χ0v) is 10.3. The fraction of sp³-hybridized carbons (Fsp3) is 0.909. The lowest BCUT2D eigenvalue weighted by molar-refractivity contribution is -0.163. The van der Waals surface area contributed by atoms with E-state index in [4.69, 9.17) is 14.2 Å². The summed E-state index contributed by atoms with van der Waals surface area (Å²) >= 11 is 0. The molecular formula is C11H19NO5. The first kappa shape index (κ1) is 12.6. The highest BCUT2D eigenvalue weighted by Crippen LogP contribution is 2.38. The predicted octanol–water partition coefficient (Wildman–Crippen LogP) is 0.386. The Morgan fingerprint density at radius 3 is 2.76 bits per heavy atom. The maximum absolute atomic E-state index is 11.3. The zero-order chi connectivity index (χ0) is 12.6. The molecular weight excluding hydrogens is 226 g/mol. The van der Waals surface area contributed by atoms with Gasteiger partial charge in [-0.15, -0.1) is 0 Å². The van der Waals surface area contributed by atoms with Gasteiger partial charge in [-0.05, 0) is 27.2 Å². The number of hydrogen-bond acceptors (Lipinski definition) is 5. The highest BCUT2D eigenvalue weighted by molar-refractivity contribution is 5.67. The summed E-state index contributed by atoms with van der Waals surface area (Å²) in [4.78, 5) is 11.3. The third-order valence-electron chi connectivity index (χ3n) is 3.01. The minimum absolute atomic E-state index is 0.268. The van der Waals surface area contributed by atoms with Crippen molar-refractivity contribution < 1.29 is 24.1 Å². The number of aliphatic hydroxyl groups excluding tert-OH is 1. The third-order valence-corrected chi connectivity index (χ3v) is 3.01. The van der Waals surface area contributed by atoms with Crippen LogP contribution in [0.5, 0.6) is 0 Å². The Morgan fingerprint density at radius 1 is 1.47 bits per heavy atom. The Bertz CT molecular complexity index is 306. The lowest BCUT2D eigenvalue weighted by Crippen LogP contribution is -2.43. The lowest BCUT2D eigenvalue weighted by Gasteiger charge is -2.22. The van der Waals surface area contributed by atoms with Crippen molar-refractivity contribution >= 4 is 6.09 Å². The number of rotatable bonds is 2. The minimum atomic E-state index is -0.717. The van der Waals surface area contributed by atoms with Gasteiger partial charge >= 0.3 is 6.09 Å². The first-order chi connectivity index (χ1) is 7.93. The molecule has 1 amide bonds. The Morgan fingerprint density at radius 2 is 2.12 bits per heavy atom. The number of fused-ring (bicyclic) bond motifs is 1. The second-order valence-corrected chi connectivity index (χ2v) is 4.84. The summed E-state index contributed by atoms with van der Waals surface area (Å²) in [6.07, 6.45) is -1.38. The molecule has 1 aliphatic carbocycles. The molecule has 17 heavy (non-hydrogen) atoms. The Balaban J connectivity index is 1.99. The van der Waals surface area contributed by atoms with Crippen molar-refractivity contribution in [2.24, 2.45) is 0 Å². The van der Waals surface area contributed by atoms with Crippen LogP contribution in [0.1, 0.15) is 27.2 Å². The van der Waals surface area contributed by atoms with E-state index < -0.39 is 18.0 Å². The smallest absolute Gasteiger partial charge is 0.407 e. The van der Waals surface area contributed by atoms with E-state index in [0.29, 0.717) is 13.0 Å². The summed E-state index contributed by atoms with van der Waals surface area (Å²) in [5, 5.41) is 12.5. The summed E-state index contributed by atoms with van der Waals surface area (Å²) in [5.41, 5.74) is 0. The van der Waals surface area contributed by atoms with Gasteiger partial charge in [-0.2, -0.15) is 0 Å². The van der Waals surface area contributed by atoms with Crippen molar-refractivity contribution in [1.82, 2.24) is 5.32 Å². The van der Waals surface area contributed by atoms with E-state index in [1.807, 2.05) is 0 Å². The average molecular weight is 245 g/mol. The van der Waals surface area contributed by atoms with Gasteiger partial charge in [0.25, 0.3) is 0 Å². The summed E-state index contributed by atoms with van der Waals surface area (Å²) in [6, 6.07) is -0.268. The van der Waals surface area contributed by atoms with Crippen LogP contribution in [0.25, 0.3) is 0 Å². The predicted molar refractivity (Wildman–Crippen MR) is 58.4 cm³/mol. The maximum atomic E-state index is 11.3. The van der Waals surface area contributed by atoms with Gasteiger partial charge in [0, 0.05) is 0 Å². The molecule has 98 valence electrons. The van der Waals surface area contributed by atoms with Crippen molar-refractivity contribution in [2.75, 3.05) is 6.61 Å². The molecule has 4 atom stereocenters. The number of hydrogen-bond donors (Lipinski definition) is 2. The Labute approximate surface area is 100 Å². The fourth-order valence-electron chi connectivity index (χ4n) is 2.42. The van der Waals surface area contributed by atoms with Crippen molar-refractivity contribution in [3.63, 3.8) is 0 Å². The van der Waals surface area contributed by atoms with Gasteiger partial charge in [-0.1, -0.05) is 0 Å². The van der Waals surface area contributed by atoms with Crippen LogP contribution in [0.2, 0.25) is 0 Å². The summed E-state index contributed by atoms with van der Waals surface area (Å²) in [5.74, 6) is -0.717. The van der Waals surface area contributed by atoms with Gasteiger partial charge in [0.1, 0.15) is 12.2 Å². The van der Waals surface area contributed by atoms with E-state index in [9.17, 15) is 9.90 Å². The molecule has 2 unspecified atom stereocenters. The second-order valence-electron chi connectivity index (χ2n) is 4.84. The van der Waals surface area contributed by atoms with Gasteiger partial charge in [-0.3, -0.25) is 0 Å². The topological polar surface area (TPSA) is 77.0 Å². The molecule has 0 bridgehead atoms. The summed E-state index contributed by atoms with van der Waals surface area (Å²) in [6.45, 7) is 5.64. The van der Waals surface area contributed by atoms with E-state index in [0.717, 1.165) is 0 Å². The maximum Gasteiger partial charge on any atom is 0.407 e. The zero-order valence-electron chi connectivity index (χ0n) is 10.3. The Kier molecular flexibility index (Phi) is 3.29. The molecule has 0 aromatic carbocycles. The van der Waals surface area contributed by atoms with E-state index in [1.54, 1.807) is 20.8 Å². The second kappa shape index (κ2) is 4.44. The molecule has 6 heteroatoms. The molecule has 6 nitrogen and oxygen atoms in total. The number of aliphatic hydroxyl groups is 1. The van der Waals surface area contributed by atoms with E-state index in [2.05, 4.69) is 5.32 Å². The number of amides is 1. The normalized spacial score (nSPS) is 38.8. The number of ether oxygens (including phenoxy) is 3. The number of nitrogens with one attached hydrogen (secondary N) is 1. The van der Waals surface area contributed by atoms with Crippen LogP contribution < -0.4 is 5.32 Å². The van der Waals surface area contributed by atoms with Crippen LogP contribution in [0.15, 0.2) is 0 Å². The van der Waals surface area contributed by atoms with Crippen molar-refractivity contribution in [3.05, 3.63) is 0 Å². The molecule has 2 fully saturated rings. The quantitative estimate of drug-likeness (QED) is 0.735. The number of carbonyl (C=O) groups is 1. The standard InChI is InChI=1S/C11H19NO5/c1-4-15-10(14)12-6-5-7(13)9-8(6)16-11(2,3)17-9/h6-9,13H,4-5H2,1-3H3,(H,12,14)/t6?,7?,8-,9+/m0/s1. The largest absolute Gasteiger partial charge is 0.450 e. The number of alkyl carbamates (subject to hydrolysis) is 1. The van der Waals surface area contributed by atoms with Crippen molar-refractivity contribution in [3.8, 4) is 0 Å². The van der Waals surface area contributed by atoms with Gasteiger partial charge in [0.15, 0.2) is 5.79 Å². The third kappa shape index (κ3) is 2.53. The fourth-order valence-corrected chi connectivity index (χ4v) is 2.42. The van der Waals surface area contributed by atoms with Crippen LogP contribution >= 0.6 is 0 Å². The Hall–Kier alpha value is -0.850. The van der Waals surface area contributed by atoms with E-state index in [-0.39, 0.29) is 18.2 Å². The minimum Gasteiger partial charge on any atom is -0.450 e. The van der Waals surface area contributed by atoms with Gasteiger partial charge in [-0.25, -0.2) is 4.79 Å². The first-order valence-electron chi connectivity index (χ1n) is 5.90. The van der Waals surface area contributed by atoms with E-state index in [1.165, 1.54) is 0 Å². The molecule has 2 N–H and O–H groups in total. The van der Waals surface area contributed by atoms with Crippen molar-refractivity contribution in [2.45, 2.75) is 57.3 Å². The summed E-state index contributed by atoms with van der Waals surface area (Å²) < 4.78 is 16.1. The molecule has 0 spiro atoms. The molecule has 1 saturated carbocycles. The SMILES string of the molecule is CCOC(=O)NC1CC(O)[C@H]2OC(C)(C)O[C@@H]12. The summed E-state index contributed by atoms with van der Waals surface area (Å²) in [7, 11) is 0. The van der Waals surface area contributed by atoms with Crippen LogP contribution in [-0.4, -0.2) is 47.9 Å². The van der Waals surface area contributed by atoms with Crippen LogP contribution in [0.4, 0.5) is 4.79 Å². The van der Waals surface area contributed by atoms with Gasteiger partial charge < -0.3 is 24.6 Å². The van der Waals surface area contributed by atoms with E-state index >= 15 is 0 Å². The molecule has 0 radical (unpaired) electrons. The van der Waals surface area contributed by atoms with Gasteiger partial charge in [0.05, 0.1) is 18.8 Å². The number of carbonyl (C=O) groups excluding carboxylic acids is 1. The molecule has 1 aliphatic heterocycles. The molecule has 0 aromatic heterocycles. The lowest BCUT2D eigenvalue weighted by atomic mass is 10.2. The molecule has 1 saturated heterocycles. The van der Waals surface area contributed by atoms with Crippen molar-refractivity contribution in [1.29, 1.82) is 0 Å². The van der Waals surface area contributed by atoms with Crippen LogP contribution in [-0.2, 0) is 14.2 Å². The highest BCUT2D eigenvalue weighted by atomic mass is 16.8. The van der Waals surface area contributed by atoms with Crippen LogP contribution in [0.3, 0.4) is 0 Å². The van der Waals surface area contributed by atoms with Gasteiger partial charge in [0.2, 0.25) is 0 Å². The highest BCUT2D eigenvalue weighted by Gasteiger charge is 2.54. The molecule has 2 aliphatic rings. The monoisotopic (exact) mass is 245 g/mol. The average Bonchev–Trinajstić information content (AvgIpc) is 2.65. The molecule has 1 heterocycles. The molecule has 0 aromatic rings. The first-order valence-corrected chi connectivity index (χ1v) is 5.90.